The zero-order valence-corrected chi connectivity index (χ0v) is 21.9. The van der Waals surface area contributed by atoms with Crippen molar-refractivity contribution in [1.82, 2.24) is 9.97 Å². The molecule has 32 heavy (non-hydrogen) atoms. The number of oxazole rings is 2. The Balaban J connectivity index is 0.000000126. The quantitative estimate of drug-likeness (QED) is 0.163. The van der Waals surface area contributed by atoms with Gasteiger partial charge < -0.3 is 17.7 Å². The minimum absolute atomic E-state index is 0.784. The molecular weight excluding hydrogens is 655 g/mol. The number of benzene rings is 2. The summed E-state index contributed by atoms with van der Waals surface area (Å²) in [5, 5.41) is 2.19. The largest absolute Gasteiger partial charge is 0.464 e. The highest BCUT2D eigenvalue weighted by molar-refractivity contribution is 14.1. The average Bonchev–Trinajstić information content (AvgIpc) is 3.57. The smallest absolute Gasteiger partial charge is 0.181 e. The summed E-state index contributed by atoms with van der Waals surface area (Å²) in [6, 6.07) is 11.9. The fraction of sp³-hybridized carbons (Fsp3) is 0.0435. The number of rotatable bonds is 1. The first-order chi connectivity index (χ1) is 15.5. The van der Waals surface area contributed by atoms with Crippen LogP contribution in [0, 0.1) is 10.5 Å². The summed E-state index contributed by atoms with van der Waals surface area (Å²) in [4.78, 5) is 7.85. The molecule has 0 unspecified atom stereocenters. The average molecular weight is 670 g/mol. The Kier molecular flexibility index (Phi) is 7.48. The summed E-state index contributed by atoms with van der Waals surface area (Å²) >= 11 is 9.09. The molecule has 4 aromatic heterocycles. The minimum Gasteiger partial charge on any atom is -0.464 e. The van der Waals surface area contributed by atoms with Crippen LogP contribution in [0.3, 0.4) is 0 Å². The number of fused-ring (bicyclic) bond motifs is 2. The van der Waals surface area contributed by atoms with Gasteiger partial charge in [-0.05, 0) is 65.9 Å². The van der Waals surface area contributed by atoms with Crippen LogP contribution in [-0.4, -0.2) is 9.97 Å². The molecule has 0 aliphatic carbocycles. The second kappa shape index (κ2) is 10.5. The van der Waals surface area contributed by atoms with Gasteiger partial charge in [0.25, 0.3) is 0 Å². The lowest BCUT2D eigenvalue weighted by Crippen LogP contribution is -1.73. The van der Waals surface area contributed by atoms with Gasteiger partial charge in [0.05, 0.1) is 9.26 Å². The van der Waals surface area contributed by atoms with Gasteiger partial charge in [0.15, 0.2) is 12.8 Å². The minimum atomic E-state index is 0.784. The van der Waals surface area contributed by atoms with E-state index in [1.165, 1.54) is 18.2 Å². The fourth-order valence-corrected chi connectivity index (χ4v) is 4.06. The van der Waals surface area contributed by atoms with Gasteiger partial charge in [-0.1, -0.05) is 31.9 Å². The molecular formula is C23H15Br2IN2O4. The standard InChI is InChI=1S/C11H6BrNO2.C8H4BrIO.C4H5NO/c12-7-1-2-11-8(3-7)9(4-15-11)10-5-14-6-13-10;9-5-1-2-8-6(3-5)7(10)4-11-8;1-4-2-6-3-5-4/h1-6H;1-4H;2-3H,1H3. The number of aromatic nitrogens is 2. The van der Waals surface area contributed by atoms with Crippen LogP contribution in [0.1, 0.15) is 5.69 Å². The first kappa shape index (κ1) is 22.8. The van der Waals surface area contributed by atoms with E-state index in [4.69, 9.17) is 13.3 Å². The molecule has 0 saturated carbocycles. The summed E-state index contributed by atoms with van der Waals surface area (Å²) in [6.07, 6.45) is 9.47. The molecule has 0 N–H and O–H groups in total. The van der Waals surface area contributed by atoms with Gasteiger partial charge in [-0.25, -0.2) is 9.97 Å². The first-order valence-electron chi connectivity index (χ1n) is 9.23. The Morgan fingerprint density at radius 2 is 1.38 bits per heavy atom. The molecule has 6 aromatic rings. The number of halogens is 3. The van der Waals surface area contributed by atoms with E-state index in [2.05, 4.69) is 74.9 Å². The zero-order chi connectivity index (χ0) is 22.5. The van der Waals surface area contributed by atoms with Crippen LogP contribution in [0.15, 0.2) is 101 Å². The van der Waals surface area contributed by atoms with Crippen LogP contribution >= 0.6 is 54.5 Å². The Hall–Kier alpha value is -2.37. The summed E-state index contributed by atoms with van der Waals surface area (Å²) < 4.78 is 23.5. The maximum absolute atomic E-state index is 5.43. The summed E-state index contributed by atoms with van der Waals surface area (Å²) in [6.45, 7) is 1.88. The number of furan rings is 2. The van der Waals surface area contributed by atoms with Crippen LogP contribution in [-0.2, 0) is 0 Å². The molecule has 4 heterocycles. The Bertz CT molecular complexity index is 1420. The molecule has 0 spiro atoms. The van der Waals surface area contributed by atoms with Gasteiger partial charge in [0, 0.05) is 25.3 Å². The highest BCUT2D eigenvalue weighted by atomic mass is 127. The van der Waals surface area contributed by atoms with Gasteiger partial charge in [0.1, 0.15) is 41.9 Å². The second-order valence-electron chi connectivity index (χ2n) is 6.52. The lowest BCUT2D eigenvalue weighted by atomic mass is 10.1. The lowest BCUT2D eigenvalue weighted by molar-refractivity contribution is 0.557. The van der Waals surface area contributed by atoms with Crippen molar-refractivity contribution in [2.45, 2.75) is 6.92 Å². The highest BCUT2D eigenvalue weighted by Crippen LogP contribution is 2.31. The van der Waals surface area contributed by atoms with E-state index in [1.54, 1.807) is 25.1 Å². The topological polar surface area (TPSA) is 78.3 Å². The maximum atomic E-state index is 5.43. The van der Waals surface area contributed by atoms with E-state index in [0.717, 1.165) is 46.0 Å². The zero-order valence-electron chi connectivity index (χ0n) is 16.6. The molecule has 0 saturated heterocycles. The summed E-state index contributed by atoms with van der Waals surface area (Å²) in [5.74, 6) is 0. The van der Waals surface area contributed by atoms with E-state index in [0.29, 0.717) is 0 Å². The van der Waals surface area contributed by atoms with Crippen molar-refractivity contribution in [1.29, 1.82) is 0 Å². The molecule has 0 amide bonds. The van der Waals surface area contributed by atoms with Crippen LogP contribution in [0.2, 0.25) is 0 Å². The molecule has 0 aliphatic rings. The molecule has 9 heteroatoms. The third kappa shape index (κ3) is 5.51. The number of hydrogen-bond acceptors (Lipinski definition) is 6. The normalized spacial score (nSPS) is 10.5. The monoisotopic (exact) mass is 668 g/mol. The third-order valence-corrected chi connectivity index (χ3v) is 6.11. The van der Waals surface area contributed by atoms with Crippen molar-refractivity contribution in [3.8, 4) is 11.3 Å². The van der Waals surface area contributed by atoms with Crippen molar-refractivity contribution in [3.05, 3.63) is 92.4 Å². The van der Waals surface area contributed by atoms with Gasteiger partial charge in [-0.15, -0.1) is 0 Å². The van der Waals surface area contributed by atoms with Crippen molar-refractivity contribution >= 4 is 76.4 Å². The molecule has 2 aromatic carbocycles. The number of aryl methyl sites for hydroxylation is 1. The summed E-state index contributed by atoms with van der Waals surface area (Å²) in [5.41, 5.74) is 4.44. The van der Waals surface area contributed by atoms with Crippen LogP contribution in [0.25, 0.3) is 33.2 Å². The van der Waals surface area contributed by atoms with E-state index in [1.807, 2.05) is 37.3 Å². The van der Waals surface area contributed by atoms with E-state index >= 15 is 0 Å². The molecule has 0 fully saturated rings. The molecule has 0 aliphatic heterocycles. The fourth-order valence-electron chi connectivity index (χ4n) is 2.79. The molecule has 6 rings (SSSR count). The Morgan fingerprint density at radius 3 is 1.97 bits per heavy atom. The van der Waals surface area contributed by atoms with Gasteiger partial charge in [-0.2, -0.15) is 0 Å². The van der Waals surface area contributed by atoms with Gasteiger partial charge >= 0.3 is 0 Å². The van der Waals surface area contributed by atoms with Crippen molar-refractivity contribution < 1.29 is 17.7 Å². The van der Waals surface area contributed by atoms with Crippen molar-refractivity contribution in [2.75, 3.05) is 0 Å². The second-order valence-corrected chi connectivity index (χ2v) is 9.51. The Labute approximate surface area is 213 Å². The van der Waals surface area contributed by atoms with Crippen LogP contribution in [0.4, 0.5) is 0 Å². The molecule has 0 radical (unpaired) electrons. The molecule has 0 atom stereocenters. The van der Waals surface area contributed by atoms with Crippen molar-refractivity contribution in [3.63, 3.8) is 0 Å². The first-order valence-corrected chi connectivity index (χ1v) is 11.9. The third-order valence-electron chi connectivity index (χ3n) is 4.29. The molecule has 6 nitrogen and oxygen atoms in total. The maximum Gasteiger partial charge on any atom is 0.181 e. The van der Waals surface area contributed by atoms with Gasteiger partial charge in [-0.3, -0.25) is 0 Å². The predicted molar refractivity (Wildman–Crippen MR) is 137 cm³/mol. The van der Waals surface area contributed by atoms with Crippen LogP contribution < -0.4 is 0 Å². The molecule has 0 bridgehead atoms. The van der Waals surface area contributed by atoms with E-state index < -0.39 is 0 Å². The summed E-state index contributed by atoms with van der Waals surface area (Å²) in [7, 11) is 0. The highest BCUT2D eigenvalue weighted by Gasteiger charge is 2.10. The lowest BCUT2D eigenvalue weighted by Gasteiger charge is -1.92. The SMILES string of the molecule is Brc1ccc2occ(-c3cocn3)c2c1.Brc1ccc2occ(I)c2c1.Cc1cocn1. The number of nitrogens with zero attached hydrogens (tertiary/aromatic N) is 2. The van der Waals surface area contributed by atoms with E-state index in [9.17, 15) is 0 Å². The number of hydrogen-bond donors (Lipinski definition) is 0. The molecule has 162 valence electrons. The van der Waals surface area contributed by atoms with Crippen LogP contribution in [0.5, 0.6) is 0 Å². The van der Waals surface area contributed by atoms with E-state index in [-0.39, 0.29) is 0 Å². The predicted octanol–water partition coefficient (Wildman–Crippen LogP) is 8.63. The van der Waals surface area contributed by atoms with Crippen molar-refractivity contribution in [2.24, 2.45) is 0 Å². The Morgan fingerprint density at radius 1 is 0.750 bits per heavy atom. The van der Waals surface area contributed by atoms with Gasteiger partial charge in [0.2, 0.25) is 0 Å².